The molecule has 84 valence electrons. The van der Waals surface area contributed by atoms with Gasteiger partial charge in [0.05, 0.1) is 0 Å². The third-order valence-corrected chi connectivity index (χ3v) is 3.00. The molecule has 0 saturated carbocycles. The van der Waals surface area contributed by atoms with Crippen LogP contribution in [0.4, 0.5) is 0 Å². The predicted molar refractivity (Wildman–Crippen MR) is 58.4 cm³/mol. The largest absolute Gasteiger partial charge is 0.327 e. The zero-order chi connectivity index (χ0) is 10.7. The Morgan fingerprint density at radius 3 is 3.13 bits per heavy atom. The van der Waals surface area contributed by atoms with Crippen molar-refractivity contribution in [3.8, 4) is 0 Å². The molecule has 1 atom stereocenters. The summed E-state index contributed by atoms with van der Waals surface area (Å²) in [6.07, 6.45) is 5.10. The molecular formula is C10H19N5. The first kappa shape index (κ1) is 10.6. The van der Waals surface area contributed by atoms with Gasteiger partial charge >= 0.3 is 0 Å². The van der Waals surface area contributed by atoms with Crippen LogP contribution in [-0.4, -0.2) is 45.3 Å². The van der Waals surface area contributed by atoms with Crippen LogP contribution in [0.3, 0.4) is 0 Å². The van der Waals surface area contributed by atoms with E-state index < -0.39 is 0 Å². The van der Waals surface area contributed by atoms with Crippen molar-refractivity contribution in [1.82, 2.24) is 19.7 Å². The Kier molecular flexibility index (Phi) is 3.33. The Morgan fingerprint density at radius 2 is 2.47 bits per heavy atom. The lowest BCUT2D eigenvalue weighted by molar-refractivity contribution is 0.210. The van der Waals surface area contributed by atoms with Gasteiger partial charge in [0.15, 0.2) is 0 Å². The van der Waals surface area contributed by atoms with Crippen molar-refractivity contribution in [3.05, 3.63) is 12.2 Å². The van der Waals surface area contributed by atoms with E-state index in [0.29, 0.717) is 6.04 Å². The number of hydrogen-bond donors (Lipinski definition) is 1. The van der Waals surface area contributed by atoms with Crippen molar-refractivity contribution in [2.45, 2.75) is 25.3 Å². The van der Waals surface area contributed by atoms with Crippen molar-refractivity contribution in [3.63, 3.8) is 0 Å². The molecule has 0 amide bonds. The number of piperidine rings is 1. The average Bonchev–Trinajstić information content (AvgIpc) is 2.61. The van der Waals surface area contributed by atoms with Gasteiger partial charge < -0.3 is 15.2 Å². The lowest BCUT2D eigenvalue weighted by Crippen LogP contribution is -2.43. The molecule has 1 aromatic rings. The van der Waals surface area contributed by atoms with Crippen molar-refractivity contribution < 1.29 is 0 Å². The molecule has 5 heteroatoms. The van der Waals surface area contributed by atoms with Gasteiger partial charge in [-0.15, -0.1) is 10.2 Å². The molecule has 1 aromatic heterocycles. The fraction of sp³-hybridized carbons (Fsp3) is 0.800. The molecule has 2 N–H and O–H groups in total. The molecule has 0 radical (unpaired) electrons. The summed E-state index contributed by atoms with van der Waals surface area (Å²) in [6, 6.07) is 0.359. The average molecular weight is 209 g/mol. The Morgan fingerprint density at radius 1 is 1.60 bits per heavy atom. The van der Waals surface area contributed by atoms with E-state index in [0.717, 1.165) is 25.3 Å². The highest BCUT2D eigenvalue weighted by molar-refractivity contribution is 4.86. The van der Waals surface area contributed by atoms with Gasteiger partial charge in [0, 0.05) is 32.6 Å². The third kappa shape index (κ3) is 2.76. The summed E-state index contributed by atoms with van der Waals surface area (Å²) in [5, 5.41) is 7.94. The molecule has 1 fully saturated rings. The van der Waals surface area contributed by atoms with Crippen LogP contribution in [0.1, 0.15) is 18.7 Å². The van der Waals surface area contributed by atoms with E-state index in [-0.39, 0.29) is 0 Å². The number of aromatic nitrogens is 3. The normalized spacial score (nSPS) is 23.2. The summed E-state index contributed by atoms with van der Waals surface area (Å²) in [5.74, 6) is 1.05. The summed E-state index contributed by atoms with van der Waals surface area (Å²) in [6.45, 7) is 3.24. The fourth-order valence-electron chi connectivity index (χ4n) is 2.09. The van der Waals surface area contributed by atoms with E-state index in [1.165, 1.54) is 19.4 Å². The van der Waals surface area contributed by atoms with Crippen molar-refractivity contribution in [2.75, 3.05) is 19.6 Å². The molecule has 0 bridgehead atoms. The van der Waals surface area contributed by atoms with Crippen LogP contribution in [0.25, 0.3) is 0 Å². The van der Waals surface area contributed by atoms with Crippen LogP contribution in [0.5, 0.6) is 0 Å². The van der Waals surface area contributed by atoms with Gasteiger partial charge in [0.1, 0.15) is 12.2 Å². The van der Waals surface area contributed by atoms with E-state index in [1.54, 1.807) is 6.33 Å². The highest BCUT2D eigenvalue weighted by atomic mass is 15.3. The van der Waals surface area contributed by atoms with E-state index in [4.69, 9.17) is 5.73 Å². The Balaban J connectivity index is 1.80. The number of nitrogens with two attached hydrogens (primary N) is 1. The summed E-state index contributed by atoms with van der Waals surface area (Å²) < 4.78 is 1.98. The second kappa shape index (κ2) is 4.72. The SMILES string of the molecule is Cn1cnnc1CCN1CCCC(N)C1. The zero-order valence-electron chi connectivity index (χ0n) is 9.26. The second-order valence-corrected chi connectivity index (χ2v) is 4.31. The molecule has 0 aliphatic carbocycles. The fourth-order valence-corrected chi connectivity index (χ4v) is 2.09. The van der Waals surface area contributed by atoms with Crippen molar-refractivity contribution >= 4 is 0 Å². The van der Waals surface area contributed by atoms with Gasteiger partial charge in [-0.3, -0.25) is 0 Å². The zero-order valence-corrected chi connectivity index (χ0v) is 9.26. The summed E-state index contributed by atoms with van der Waals surface area (Å²) in [7, 11) is 1.98. The van der Waals surface area contributed by atoms with Gasteiger partial charge in [-0.1, -0.05) is 0 Å². The number of hydrogen-bond acceptors (Lipinski definition) is 4. The molecule has 2 rings (SSSR count). The Hall–Kier alpha value is -0.940. The van der Waals surface area contributed by atoms with E-state index in [9.17, 15) is 0 Å². The lowest BCUT2D eigenvalue weighted by Gasteiger charge is -2.30. The first-order chi connectivity index (χ1) is 7.25. The van der Waals surface area contributed by atoms with E-state index in [1.807, 2.05) is 11.6 Å². The minimum atomic E-state index is 0.359. The lowest BCUT2D eigenvalue weighted by atomic mass is 10.1. The number of rotatable bonds is 3. The van der Waals surface area contributed by atoms with Gasteiger partial charge in [0.2, 0.25) is 0 Å². The number of aryl methyl sites for hydroxylation is 1. The standard InChI is InChI=1S/C10H19N5/c1-14-8-12-13-10(14)4-6-15-5-2-3-9(11)7-15/h8-9H,2-7,11H2,1H3. The van der Waals surface area contributed by atoms with E-state index >= 15 is 0 Å². The van der Waals surface area contributed by atoms with Crippen LogP contribution in [-0.2, 0) is 13.5 Å². The summed E-state index contributed by atoms with van der Waals surface area (Å²) >= 11 is 0. The summed E-state index contributed by atoms with van der Waals surface area (Å²) in [4.78, 5) is 2.42. The molecule has 1 aliphatic rings. The third-order valence-electron chi connectivity index (χ3n) is 3.00. The molecule has 0 aromatic carbocycles. The Labute approximate surface area is 90.3 Å². The first-order valence-corrected chi connectivity index (χ1v) is 5.56. The van der Waals surface area contributed by atoms with Crippen LogP contribution in [0.2, 0.25) is 0 Å². The van der Waals surface area contributed by atoms with Gasteiger partial charge in [0.25, 0.3) is 0 Å². The highest BCUT2D eigenvalue weighted by Crippen LogP contribution is 2.08. The second-order valence-electron chi connectivity index (χ2n) is 4.31. The maximum absolute atomic E-state index is 5.93. The quantitative estimate of drug-likeness (QED) is 0.747. The van der Waals surface area contributed by atoms with Gasteiger partial charge in [-0.25, -0.2) is 0 Å². The molecule has 1 aliphatic heterocycles. The Bertz CT molecular complexity index is 309. The maximum atomic E-state index is 5.93. The smallest absolute Gasteiger partial charge is 0.133 e. The molecule has 5 nitrogen and oxygen atoms in total. The van der Waals surface area contributed by atoms with Crippen molar-refractivity contribution in [1.29, 1.82) is 0 Å². The molecule has 15 heavy (non-hydrogen) atoms. The summed E-state index contributed by atoms with van der Waals surface area (Å²) in [5.41, 5.74) is 5.93. The first-order valence-electron chi connectivity index (χ1n) is 5.56. The number of nitrogens with zero attached hydrogens (tertiary/aromatic N) is 4. The van der Waals surface area contributed by atoms with Crippen LogP contribution in [0, 0.1) is 0 Å². The monoisotopic (exact) mass is 209 g/mol. The van der Waals surface area contributed by atoms with Gasteiger partial charge in [-0.05, 0) is 19.4 Å². The minimum absolute atomic E-state index is 0.359. The van der Waals surface area contributed by atoms with Crippen LogP contribution < -0.4 is 5.73 Å². The molecule has 1 unspecified atom stereocenters. The molecular weight excluding hydrogens is 190 g/mol. The molecule has 2 heterocycles. The maximum Gasteiger partial charge on any atom is 0.133 e. The van der Waals surface area contributed by atoms with Crippen molar-refractivity contribution in [2.24, 2.45) is 12.8 Å². The topological polar surface area (TPSA) is 60.0 Å². The minimum Gasteiger partial charge on any atom is -0.327 e. The van der Waals surface area contributed by atoms with Gasteiger partial charge in [-0.2, -0.15) is 0 Å². The molecule has 0 spiro atoms. The predicted octanol–water partition coefficient (Wildman–Crippen LogP) is -0.219. The van der Waals surface area contributed by atoms with Crippen LogP contribution in [0.15, 0.2) is 6.33 Å². The number of likely N-dealkylation sites (tertiary alicyclic amines) is 1. The van der Waals surface area contributed by atoms with Crippen LogP contribution >= 0.6 is 0 Å². The molecule has 1 saturated heterocycles. The highest BCUT2D eigenvalue weighted by Gasteiger charge is 2.16. The van der Waals surface area contributed by atoms with E-state index in [2.05, 4.69) is 15.1 Å².